The first-order valence-corrected chi connectivity index (χ1v) is 6.10. The van der Waals surface area contributed by atoms with E-state index in [2.05, 4.69) is 0 Å². The van der Waals surface area contributed by atoms with Gasteiger partial charge in [0, 0.05) is 12.7 Å². The van der Waals surface area contributed by atoms with Crippen molar-refractivity contribution in [2.24, 2.45) is 0 Å². The maximum Gasteiger partial charge on any atom is 0.341 e. The standard InChI is InChI=1S/C12H8ClFN2O5/c1-2-15-4-6(12(18)19)11(17)5-3-7(14)8(13)10(9(5)15)16(20)21/h3-4H,2H2,1H3,(H,18,19). The van der Waals surface area contributed by atoms with E-state index in [4.69, 9.17) is 16.7 Å². The van der Waals surface area contributed by atoms with Gasteiger partial charge in [-0.2, -0.15) is 0 Å². The molecule has 0 aliphatic carbocycles. The van der Waals surface area contributed by atoms with Gasteiger partial charge < -0.3 is 9.67 Å². The summed E-state index contributed by atoms with van der Waals surface area (Å²) in [6, 6.07) is 0.714. The number of nitrogens with zero attached hydrogens (tertiary/aromatic N) is 2. The molecular weight excluding hydrogens is 307 g/mol. The Morgan fingerprint density at radius 3 is 2.67 bits per heavy atom. The predicted octanol–water partition coefficient (Wildman–Crippen LogP) is 2.42. The fourth-order valence-corrected chi connectivity index (χ4v) is 2.27. The lowest BCUT2D eigenvalue weighted by molar-refractivity contribution is -0.383. The SMILES string of the molecule is CCn1cc(C(=O)O)c(=O)c2cc(F)c(Cl)c([N+](=O)[O-])c21. The van der Waals surface area contributed by atoms with Gasteiger partial charge in [-0.05, 0) is 13.0 Å². The first kappa shape index (κ1) is 14.9. The number of pyridine rings is 1. The number of fused-ring (bicyclic) bond motifs is 1. The van der Waals surface area contributed by atoms with Crippen LogP contribution in [0.3, 0.4) is 0 Å². The predicted molar refractivity (Wildman–Crippen MR) is 72.5 cm³/mol. The number of aromatic carboxylic acids is 1. The molecule has 0 bridgehead atoms. The van der Waals surface area contributed by atoms with E-state index in [0.29, 0.717) is 6.07 Å². The van der Waals surface area contributed by atoms with Gasteiger partial charge in [0.25, 0.3) is 0 Å². The number of benzene rings is 1. The normalized spacial score (nSPS) is 10.8. The number of hydrogen-bond donors (Lipinski definition) is 1. The first-order valence-electron chi connectivity index (χ1n) is 5.72. The summed E-state index contributed by atoms with van der Waals surface area (Å²) >= 11 is 5.60. The Hall–Kier alpha value is -2.48. The molecule has 7 nitrogen and oxygen atoms in total. The summed E-state index contributed by atoms with van der Waals surface area (Å²) in [5, 5.41) is 19.0. The van der Waals surface area contributed by atoms with Gasteiger partial charge in [0.1, 0.15) is 16.9 Å². The maximum atomic E-state index is 13.7. The summed E-state index contributed by atoms with van der Waals surface area (Å²) in [5.74, 6) is -2.65. The lowest BCUT2D eigenvalue weighted by Gasteiger charge is -2.11. The van der Waals surface area contributed by atoms with Crippen molar-refractivity contribution in [1.82, 2.24) is 4.57 Å². The molecule has 0 radical (unpaired) electrons. The molecule has 0 atom stereocenters. The number of rotatable bonds is 3. The van der Waals surface area contributed by atoms with Crippen LogP contribution in [0, 0.1) is 15.9 Å². The number of aromatic nitrogens is 1. The number of hydrogen-bond acceptors (Lipinski definition) is 4. The molecule has 0 saturated carbocycles. The second kappa shape index (κ2) is 5.13. The third kappa shape index (κ3) is 2.23. The summed E-state index contributed by atoms with van der Waals surface area (Å²) in [5.41, 5.74) is -2.56. The molecule has 2 aromatic rings. The molecule has 2 rings (SSSR count). The van der Waals surface area contributed by atoms with Crippen LogP contribution in [0.15, 0.2) is 17.1 Å². The zero-order chi connectivity index (χ0) is 15.9. The average Bonchev–Trinajstić information content (AvgIpc) is 2.40. The van der Waals surface area contributed by atoms with E-state index in [-0.39, 0.29) is 12.1 Å². The van der Waals surface area contributed by atoms with E-state index in [1.54, 1.807) is 6.92 Å². The van der Waals surface area contributed by atoms with Crippen molar-refractivity contribution in [3.8, 4) is 0 Å². The maximum absolute atomic E-state index is 13.7. The monoisotopic (exact) mass is 314 g/mol. The van der Waals surface area contributed by atoms with Gasteiger partial charge in [-0.1, -0.05) is 11.6 Å². The largest absolute Gasteiger partial charge is 0.477 e. The minimum atomic E-state index is -1.50. The molecule has 0 unspecified atom stereocenters. The molecule has 21 heavy (non-hydrogen) atoms. The van der Waals surface area contributed by atoms with Crippen LogP contribution in [-0.2, 0) is 6.54 Å². The molecular formula is C12H8ClFN2O5. The zero-order valence-electron chi connectivity index (χ0n) is 10.6. The quantitative estimate of drug-likeness (QED) is 0.692. The molecule has 0 aliphatic heterocycles. The van der Waals surface area contributed by atoms with Crippen LogP contribution >= 0.6 is 11.6 Å². The summed E-state index contributed by atoms with van der Waals surface area (Å²) < 4.78 is 14.9. The summed E-state index contributed by atoms with van der Waals surface area (Å²) in [6.45, 7) is 1.73. The average molecular weight is 315 g/mol. The second-order valence-electron chi connectivity index (χ2n) is 4.14. The topological polar surface area (TPSA) is 102 Å². The summed E-state index contributed by atoms with van der Waals surface area (Å²) in [6.07, 6.45) is 0.980. The molecule has 1 aromatic carbocycles. The highest BCUT2D eigenvalue weighted by Gasteiger charge is 2.27. The molecule has 1 N–H and O–H groups in total. The summed E-state index contributed by atoms with van der Waals surface area (Å²) in [7, 11) is 0. The number of halogens is 2. The number of aryl methyl sites for hydroxylation is 1. The Bertz CT molecular complexity index is 846. The third-order valence-electron chi connectivity index (χ3n) is 2.98. The Morgan fingerprint density at radius 2 is 2.19 bits per heavy atom. The molecule has 0 amide bonds. The minimum Gasteiger partial charge on any atom is -0.477 e. The van der Waals surface area contributed by atoms with Gasteiger partial charge in [-0.3, -0.25) is 14.9 Å². The highest BCUT2D eigenvalue weighted by molar-refractivity contribution is 6.34. The molecule has 9 heteroatoms. The first-order chi connectivity index (χ1) is 9.79. The van der Waals surface area contributed by atoms with Crippen LogP contribution < -0.4 is 5.43 Å². The minimum absolute atomic E-state index is 0.139. The van der Waals surface area contributed by atoms with Crippen LogP contribution in [0.1, 0.15) is 17.3 Å². The van der Waals surface area contributed by atoms with Crippen LogP contribution in [-0.4, -0.2) is 20.6 Å². The van der Waals surface area contributed by atoms with E-state index in [0.717, 1.165) is 6.20 Å². The van der Waals surface area contributed by atoms with E-state index >= 15 is 0 Å². The smallest absolute Gasteiger partial charge is 0.341 e. The van der Waals surface area contributed by atoms with Crippen LogP contribution in [0.4, 0.5) is 10.1 Å². The molecule has 0 fully saturated rings. The number of carbonyl (C=O) groups is 1. The van der Waals surface area contributed by atoms with E-state index in [1.165, 1.54) is 4.57 Å². The summed E-state index contributed by atoms with van der Waals surface area (Å²) in [4.78, 5) is 33.3. The van der Waals surface area contributed by atoms with Gasteiger partial charge in [0.2, 0.25) is 5.43 Å². The van der Waals surface area contributed by atoms with Crippen molar-refractivity contribution in [3.63, 3.8) is 0 Å². The van der Waals surface area contributed by atoms with Crippen molar-refractivity contribution in [2.75, 3.05) is 0 Å². The van der Waals surface area contributed by atoms with Crippen molar-refractivity contribution in [1.29, 1.82) is 0 Å². The Balaban J connectivity index is 3.15. The molecule has 0 aliphatic rings. The molecule has 0 saturated heterocycles. The van der Waals surface area contributed by atoms with Crippen molar-refractivity contribution >= 4 is 34.2 Å². The molecule has 1 heterocycles. The highest BCUT2D eigenvalue weighted by atomic mass is 35.5. The Kier molecular flexibility index (Phi) is 3.65. The van der Waals surface area contributed by atoms with Crippen molar-refractivity contribution < 1.29 is 19.2 Å². The van der Waals surface area contributed by atoms with E-state index < -0.39 is 43.8 Å². The lowest BCUT2D eigenvalue weighted by atomic mass is 10.1. The Morgan fingerprint density at radius 1 is 1.57 bits per heavy atom. The van der Waals surface area contributed by atoms with Gasteiger partial charge in [0.05, 0.1) is 10.3 Å². The van der Waals surface area contributed by atoms with Crippen LogP contribution in [0.5, 0.6) is 0 Å². The zero-order valence-corrected chi connectivity index (χ0v) is 11.3. The van der Waals surface area contributed by atoms with Crippen molar-refractivity contribution in [2.45, 2.75) is 13.5 Å². The number of nitro groups is 1. The van der Waals surface area contributed by atoms with Crippen LogP contribution in [0.2, 0.25) is 5.02 Å². The fourth-order valence-electron chi connectivity index (χ4n) is 2.06. The van der Waals surface area contributed by atoms with E-state index in [1.807, 2.05) is 0 Å². The van der Waals surface area contributed by atoms with Gasteiger partial charge in [-0.15, -0.1) is 0 Å². The number of carboxylic acids is 1. The Labute approximate surface area is 121 Å². The fraction of sp³-hybridized carbons (Fsp3) is 0.167. The highest BCUT2D eigenvalue weighted by Crippen LogP contribution is 2.34. The van der Waals surface area contributed by atoms with Gasteiger partial charge in [-0.25, -0.2) is 9.18 Å². The van der Waals surface area contributed by atoms with Gasteiger partial charge in [0.15, 0.2) is 5.02 Å². The molecule has 0 spiro atoms. The molecule has 110 valence electrons. The van der Waals surface area contributed by atoms with Gasteiger partial charge >= 0.3 is 11.7 Å². The second-order valence-corrected chi connectivity index (χ2v) is 4.52. The van der Waals surface area contributed by atoms with Crippen LogP contribution in [0.25, 0.3) is 10.9 Å². The number of nitro benzene ring substituents is 1. The number of carboxylic acid groups (broad SMARTS) is 1. The lowest BCUT2D eigenvalue weighted by Crippen LogP contribution is -2.19. The third-order valence-corrected chi connectivity index (χ3v) is 3.34. The van der Waals surface area contributed by atoms with E-state index in [9.17, 15) is 24.1 Å². The van der Waals surface area contributed by atoms with Crippen molar-refractivity contribution in [3.05, 3.63) is 49.0 Å². The molecule has 1 aromatic heterocycles.